The van der Waals surface area contributed by atoms with Crippen LogP contribution in [-0.4, -0.2) is 115 Å². The van der Waals surface area contributed by atoms with E-state index >= 15 is 0 Å². The molecule has 1 spiro atoms. The van der Waals surface area contributed by atoms with Crippen LogP contribution in [0, 0.1) is 17.8 Å². The first-order chi connectivity index (χ1) is 24.6. The van der Waals surface area contributed by atoms with Gasteiger partial charge in [-0.1, -0.05) is 27.0 Å². The van der Waals surface area contributed by atoms with Gasteiger partial charge in [-0.15, -0.1) is 0 Å². The molecule has 10 rings (SSSR count). The van der Waals surface area contributed by atoms with E-state index in [1.165, 1.54) is 0 Å². The summed E-state index contributed by atoms with van der Waals surface area (Å²) in [5, 5.41) is 10.5. The molecule has 0 aromatic rings. The number of carbonyl (C=O) groups is 1. The minimum Gasteiger partial charge on any atom is -0.392 e. The molecule has 0 radical (unpaired) electrons. The largest absolute Gasteiger partial charge is 0.392 e. The van der Waals surface area contributed by atoms with Crippen molar-refractivity contribution in [3.8, 4) is 0 Å². The van der Waals surface area contributed by atoms with E-state index in [2.05, 4.69) is 27.0 Å². The van der Waals surface area contributed by atoms with Crippen molar-refractivity contribution in [2.45, 2.75) is 195 Å². The van der Waals surface area contributed by atoms with Gasteiger partial charge in [0.2, 0.25) is 0 Å². The highest BCUT2D eigenvalue weighted by Gasteiger charge is 2.68. The second-order valence-electron chi connectivity index (χ2n) is 17.6. The average molecular weight is 714 g/mol. The standard InChI is InChI=1S/C40H59NO10/c1-19-11-25-5-7-29-20(2)12-27(44-29)9-10-40-17-34-36(50-40)37-38(49-34)39(51-40)35-30(48-37)8-6-26(46-35)13-23(42)14-28-22(4)31(15-24(43)18-41)47-33(28)16-32(45-25)21(19)3/h19,22,24-39,43H,2-3,5-18,41H2,1,4H3/t19-,22-,24+,25+,26-,27+,28-,29+,30+,31-,32-,33+,34-,35+,36+,37+,38?,39?,40+/m1/s1. The van der Waals surface area contributed by atoms with Crippen LogP contribution < -0.4 is 5.73 Å². The van der Waals surface area contributed by atoms with Crippen LogP contribution in [0.2, 0.25) is 0 Å². The van der Waals surface area contributed by atoms with Crippen molar-refractivity contribution in [3.05, 3.63) is 24.3 Å². The van der Waals surface area contributed by atoms with Crippen LogP contribution in [0.1, 0.15) is 97.3 Å². The molecule has 0 aliphatic carbocycles. The molecule has 10 aliphatic rings. The molecule has 3 N–H and O–H groups in total. The van der Waals surface area contributed by atoms with E-state index in [9.17, 15) is 9.90 Å². The topological polar surface area (TPSA) is 137 Å². The predicted molar refractivity (Wildman–Crippen MR) is 185 cm³/mol. The summed E-state index contributed by atoms with van der Waals surface area (Å²) >= 11 is 0. The number of ketones is 1. The maximum Gasteiger partial charge on any atom is 0.172 e. The van der Waals surface area contributed by atoms with Crippen LogP contribution in [0.5, 0.6) is 0 Å². The third-order valence-electron chi connectivity index (χ3n) is 14.2. The van der Waals surface area contributed by atoms with Gasteiger partial charge >= 0.3 is 0 Å². The van der Waals surface area contributed by atoms with Gasteiger partial charge < -0.3 is 48.7 Å². The normalized spacial score (nSPS) is 53.2. The molecule has 0 aromatic carbocycles. The molecule has 10 heterocycles. The number of hydrogen-bond donors (Lipinski definition) is 2. The number of hydrogen-bond acceptors (Lipinski definition) is 11. The lowest BCUT2D eigenvalue weighted by Gasteiger charge is -2.47. The summed E-state index contributed by atoms with van der Waals surface area (Å²) in [6, 6.07) is 0. The van der Waals surface area contributed by atoms with Gasteiger partial charge in [0.1, 0.15) is 36.3 Å². The Morgan fingerprint density at radius 1 is 0.765 bits per heavy atom. The Morgan fingerprint density at radius 2 is 1.51 bits per heavy atom. The van der Waals surface area contributed by atoms with Crippen molar-refractivity contribution >= 4 is 5.78 Å². The molecule has 0 amide bonds. The Bertz CT molecular complexity index is 1360. The molecule has 10 saturated heterocycles. The maximum atomic E-state index is 14.0. The van der Waals surface area contributed by atoms with E-state index in [0.717, 1.165) is 56.1 Å². The average Bonchev–Trinajstić information content (AvgIpc) is 3.77. The molecular formula is C40H59NO10. The highest BCUT2D eigenvalue weighted by atomic mass is 16.8. The van der Waals surface area contributed by atoms with Gasteiger partial charge in [0, 0.05) is 45.1 Å². The van der Waals surface area contributed by atoms with Gasteiger partial charge in [0.15, 0.2) is 5.79 Å². The van der Waals surface area contributed by atoms with Crippen molar-refractivity contribution in [2.75, 3.05) is 6.54 Å². The molecule has 2 unspecified atom stereocenters. The maximum absolute atomic E-state index is 14.0. The molecule has 10 aliphatic heterocycles. The summed E-state index contributed by atoms with van der Waals surface area (Å²) in [5.41, 5.74) is 8.06. The molecule has 51 heavy (non-hydrogen) atoms. The fraction of sp³-hybridized carbons (Fsp3) is 0.875. The zero-order valence-electron chi connectivity index (χ0n) is 30.4. The fourth-order valence-corrected chi connectivity index (χ4v) is 11.3. The smallest absolute Gasteiger partial charge is 0.172 e. The molecule has 19 atom stereocenters. The van der Waals surface area contributed by atoms with Crippen molar-refractivity contribution in [1.29, 1.82) is 0 Å². The second kappa shape index (κ2) is 13.8. The highest BCUT2D eigenvalue weighted by molar-refractivity contribution is 5.79. The van der Waals surface area contributed by atoms with Crippen LogP contribution in [0.15, 0.2) is 24.3 Å². The Balaban J connectivity index is 0.986. The Morgan fingerprint density at radius 3 is 2.35 bits per heavy atom. The zero-order valence-corrected chi connectivity index (χ0v) is 30.4. The molecule has 11 nitrogen and oxygen atoms in total. The SMILES string of the molecule is C=C1C[C@@H]2CC[C@@]34C[C@H]5OC6C(O3)[C@H]3O[C@H](CC[C@@H]3O[C@H]6[C@H]5O4)CC(=O)C[C@@H]3[C@@H](C)[C@@H](C[C@H](O)CN)O[C@H]3C[C@H]3O[C@@H](CC[C@@H]1O2)C[C@@H](C)C3=C. The van der Waals surface area contributed by atoms with Gasteiger partial charge in [0.05, 0.1) is 61.0 Å². The number of rotatable bonds is 3. The van der Waals surface area contributed by atoms with E-state index in [-0.39, 0.29) is 110 Å². The number of ether oxygens (including phenoxy) is 8. The molecule has 0 saturated carbocycles. The monoisotopic (exact) mass is 713 g/mol. The quantitative estimate of drug-likeness (QED) is 0.410. The van der Waals surface area contributed by atoms with Crippen LogP contribution >= 0.6 is 0 Å². The third-order valence-corrected chi connectivity index (χ3v) is 14.2. The first-order valence-electron chi connectivity index (χ1n) is 20.1. The van der Waals surface area contributed by atoms with E-state index in [1.54, 1.807) is 0 Å². The van der Waals surface area contributed by atoms with E-state index < -0.39 is 11.9 Å². The summed E-state index contributed by atoms with van der Waals surface area (Å²) in [6.45, 7) is 13.5. The van der Waals surface area contributed by atoms with Gasteiger partial charge in [-0.2, -0.15) is 0 Å². The molecule has 11 heteroatoms. The molecule has 284 valence electrons. The van der Waals surface area contributed by atoms with Crippen molar-refractivity contribution in [3.63, 3.8) is 0 Å². The number of fused-ring (bicyclic) bond motifs is 6. The van der Waals surface area contributed by atoms with Crippen LogP contribution in [-0.2, 0) is 42.7 Å². The second-order valence-corrected chi connectivity index (χ2v) is 17.6. The summed E-state index contributed by atoms with van der Waals surface area (Å²) in [5.74, 6) is -0.222. The van der Waals surface area contributed by atoms with Gasteiger partial charge in [0.25, 0.3) is 0 Å². The molecular weight excluding hydrogens is 654 g/mol. The minimum atomic E-state index is -0.765. The number of Topliss-reactive ketones (excluding diaryl/α,β-unsaturated/α-hetero) is 1. The number of aliphatic hydroxyl groups is 1. The third kappa shape index (κ3) is 6.53. The summed E-state index contributed by atoms with van der Waals surface area (Å²) in [7, 11) is 0. The summed E-state index contributed by atoms with van der Waals surface area (Å²) < 4.78 is 54.0. The highest BCUT2D eigenvalue weighted by Crippen LogP contribution is 2.54. The van der Waals surface area contributed by atoms with Crippen molar-refractivity contribution < 1.29 is 47.8 Å². The lowest BCUT2D eigenvalue weighted by Crippen LogP contribution is -2.61. The van der Waals surface area contributed by atoms with E-state index in [1.807, 2.05) is 0 Å². The Hall–Kier alpha value is -1.25. The minimum absolute atomic E-state index is 0.00127. The van der Waals surface area contributed by atoms with Crippen molar-refractivity contribution in [2.24, 2.45) is 23.5 Å². The molecule has 12 bridgehead atoms. The summed E-state index contributed by atoms with van der Waals surface area (Å²) in [6.07, 6.45) is 6.43. The van der Waals surface area contributed by atoms with Crippen LogP contribution in [0.4, 0.5) is 0 Å². The predicted octanol–water partition coefficient (Wildman–Crippen LogP) is 4.06. The van der Waals surface area contributed by atoms with Gasteiger partial charge in [-0.3, -0.25) is 4.79 Å². The Labute approximate surface area is 302 Å². The number of aliphatic hydroxyl groups excluding tert-OH is 1. The zero-order chi connectivity index (χ0) is 35.2. The Kier molecular flexibility index (Phi) is 9.59. The lowest BCUT2D eigenvalue weighted by molar-refractivity contribution is -0.292. The number of carbonyl (C=O) groups excluding carboxylic acids is 1. The molecule has 0 aromatic heterocycles. The van der Waals surface area contributed by atoms with Crippen LogP contribution in [0.3, 0.4) is 0 Å². The first kappa shape index (κ1) is 35.5. The lowest BCUT2D eigenvalue weighted by atomic mass is 9.78. The fourth-order valence-electron chi connectivity index (χ4n) is 11.3. The van der Waals surface area contributed by atoms with Gasteiger partial charge in [-0.05, 0) is 73.8 Å². The van der Waals surface area contributed by atoms with Gasteiger partial charge in [-0.25, -0.2) is 0 Å². The first-order valence-corrected chi connectivity index (χ1v) is 20.1. The molecule has 10 fully saturated rings. The number of nitrogens with two attached hydrogens (primary N) is 1. The van der Waals surface area contributed by atoms with E-state index in [4.69, 9.17) is 43.6 Å². The summed E-state index contributed by atoms with van der Waals surface area (Å²) in [4.78, 5) is 14.0. The van der Waals surface area contributed by atoms with E-state index in [0.29, 0.717) is 44.4 Å². The van der Waals surface area contributed by atoms with Crippen molar-refractivity contribution in [1.82, 2.24) is 0 Å². The van der Waals surface area contributed by atoms with Crippen LogP contribution in [0.25, 0.3) is 0 Å².